The lowest BCUT2D eigenvalue weighted by Gasteiger charge is -2.44. The van der Waals surface area contributed by atoms with Gasteiger partial charge in [0.25, 0.3) is 0 Å². The van der Waals surface area contributed by atoms with Crippen LogP contribution >= 0.6 is 0 Å². The molecule has 1 saturated carbocycles. The van der Waals surface area contributed by atoms with Crippen molar-refractivity contribution in [2.45, 2.75) is 52.6 Å². The molecule has 20 heavy (non-hydrogen) atoms. The first-order valence-electron chi connectivity index (χ1n) is 8.65. The SMILES string of the molecule is CNC1CC(C)CC(C)C1CN1CCN(C(C)C)CC1. The molecule has 3 nitrogen and oxygen atoms in total. The van der Waals surface area contributed by atoms with Gasteiger partial charge in [0.15, 0.2) is 0 Å². The normalized spacial score (nSPS) is 37.5. The van der Waals surface area contributed by atoms with E-state index < -0.39 is 0 Å². The Hall–Kier alpha value is -0.120. The quantitative estimate of drug-likeness (QED) is 0.853. The van der Waals surface area contributed by atoms with E-state index in [1.807, 2.05) is 0 Å². The lowest BCUT2D eigenvalue weighted by Crippen LogP contribution is -2.53. The first-order chi connectivity index (χ1) is 9.51. The van der Waals surface area contributed by atoms with E-state index in [1.165, 1.54) is 45.6 Å². The number of hydrogen-bond acceptors (Lipinski definition) is 3. The highest BCUT2D eigenvalue weighted by atomic mass is 15.3. The average molecular weight is 281 g/mol. The zero-order valence-corrected chi connectivity index (χ0v) is 14.2. The Morgan fingerprint density at radius 1 is 1.05 bits per heavy atom. The molecule has 2 rings (SSSR count). The van der Waals surface area contributed by atoms with Gasteiger partial charge in [0.2, 0.25) is 0 Å². The lowest BCUT2D eigenvalue weighted by atomic mass is 9.72. The number of hydrogen-bond donors (Lipinski definition) is 1. The van der Waals surface area contributed by atoms with Crippen molar-refractivity contribution >= 4 is 0 Å². The van der Waals surface area contributed by atoms with Gasteiger partial charge >= 0.3 is 0 Å². The summed E-state index contributed by atoms with van der Waals surface area (Å²) in [7, 11) is 2.15. The summed E-state index contributed by atoms with van der Waals surface area (Å²) >= 11 is 0. The van der Waals surface area contributed by atoms with Crippen LogP contribution < -0.4 is 5.32 Å². The van der Waals surface area contributed by atoms with E-state index >= 15 is 0 Å². The number of nitrogens with zero attached hydrogens (tertiary/aromatic N) is 2. The third-order valence-electron chi connectivity index (χ3n) is 5.66. The van der Waals surface area contributed by atoms with Gasteiger partial charge in [-0.1, -0.05) is 13.8 Å². The van der Waals surface area contributed by atoms with Crippen LogP contribution in [0.15, 0.2) is 0 Å². The highest BCUT2D eigenvalue weighted by Gasteiger charge is 2.34. The summed E-state index contributed by atoms with van der Waals surface area (Å²) in [5.41, 5.74) is 0. The lowest BCUT2D eigenvalue weighted by molar-refractivity contribution is 0.0605. The summed E-state index contributed by atoms with van der Waals surface area (Å²) < 4.78 is 0. The molecule has 2 fully saturated rings. The summed E-state index contributed by atoms with van der Waals surface area (Å²) in [4.78, 5) is 5.32. The van der Waals surface area contributed by atoms with Crippen molar-refractivity contribution in [3.8, 4) is 0 Å². The van der Waals surface area contributed by atoms with Crippen LogP contribution in [0.2, 0.25) is 0 Å². The Bertz CT molecular complexity index is 284. The minimum absolute atomic E-state index is 0.705. The van der Waals surface area contributed by atoms with Crippen molar-refractivity contribution in [1.29, 1.82) is 0 Å². The molecule has 0 radical (unpaired) electrons. The summed E-state index contributed by atoms with van der Waals surface area (Å²) in [6, 6.07) is 1.42. The summed E-state index contributed by atoms with van der Waals surface area (Å²) in [6.45, 7) is 15.8. The number of nitrogens with one attached hydrogen (secondary N) is 1. The molecule has 0 aromatic carbocycles. The Morgan fingerprint density at radius 3 is 2.25 bits per heavy atom. The molecule has 0 bridgehead atoms. The van der Waals surface area contributed by atoms with Crippen molar-refractivity contribution in [1.82, 2.24) is 15.1 Å². The molecule has 0 aromatic rings. The van der Waals surface area contributed by atoms with Crippen LogP contribution in [-0.4, -0.2) is 61.7 Å². The monoisotopic (exact) mass is 281 g/mol. The Balaban J connectivity index is 1.86. The first kappa shape index (κ1) is 16.3. The maximum Gasteiger partial charge on any atom is 0.0113 e. The molecule has 1 aliphatic heterocycles. The molecular weight excluding hydrogens is 246 g/mol. The Kier molecular flexibility index (Phi) is 5.88. The highest BCUT2D eigenvalue weighted by molar-refractivity contribution is 4.89. The summed E-state index contributed by atoms with van der Waals surface area (Å²) in [5.74, 6) is 2.58. The molecule has 1 aliphatic carbocycles. The molecule has 1 saturated heterocycles. The van der Waals surface area contributed by atoms with Crippen molar-refractivity contribution in [2.75, 3.05) is 39.8 Å². The standard InChI is InChI=1S/C17H35N3/c1-13(2)20-8-6-19(7-9-20)12-16-15(4)10-14(3)11-17(16)18-5/h13-18H,6-12H2,1-5H3. The zero-order valence-electron chi connectivity index (χ0n) is 14.2. The van der Waals surface area contributed by atoms with Crippen molar-refractivity contribution in [3.63, 3.8) is 0 Å². The van der Waals surface area contributed by atoms with E-state index in [0.717, 1.165) is 23.8 Å². The molecule has 3 heteroatoms. The van der Waals surface area contributed by atoms with Crippen LogP contribution in [0.4, 0.5) is 0 Å². The minimum atomic E-state index is 0.705. The van der Waals surface area contributed by atoms with Gasteiger partial charge in [0, 0.05) is 44.8 Å². The second-order valence-corrected chi connectivity index (χ2v) is 7.54. The van der Waals surface area contributed by atoms with Crippen LogP contribution in [-0.2, 0) is 0 Å². The second kappa shape index (κ2) is 7.24. The second-order valence-electron chi connectivity index (χ2n) is 7.54. The van der Waals surface area contributed by atoms with Crippen molar-refractivity contribution in [2.24, 2.45) is 17.8 Å². The van der Waals surface area contributed by atoms with Crippen LogP contribution in [0.1, 0.15) is 40.5 Å². The van der Waals surface area contributed by atoms with E-state index in [4.69, 9.17) is 0 Å². The Labute approximate surface area is 126 Å². The molecule has 0 aromatic heterocycles. The number of piperazine rings is 1. The molecule has 4 atom stereocenters. The molecule has 0 spiro atoms. The topological polar surface area (TPSA) is 18.5 Å². The summed E-state index contributed by atoms with van der Waals surface area (Å²) in [6.07, 6.45) is 2.77. The smallest absolute Gasteiger partial charge is 0.0113 e. The van der Waals surface area contributed by atoms with Gasteiger partial charge < -0.3 is 10.2 Å². The Morgan fingerprint density at radius 2 is 1.70 bits per heavy atom. The molecule has 1 N–H and O–H groups in total. The van der Waals surface area contributed by atoms with E-state index in [0.29, 0.717) is 6.04 Å². The van der Waals surface area contributed by atoms with E-state index in [-0.39, 0.29) is 0 Å². The maximum atomic E-state index is 3.59. The fourth-order valence-corrected chi connectivity index (χ4v) is 4.31. The fourth-order valence-electron chi connectivity index (χ4n) is 4.31. The number of rotatable bonds is 4. The molecule has 2 aliphatic rings. The third kappa shape index (κ3) is 3.96. The summed E-state index contributed by atoms with van der Waals surface area (Å²) in [5, 5.41) is 3.59. The average Bonchev–Trinajstić information content (AvgIpc) is 2.42. The third-order valence-corrected chi connectivity index (χ3v) is 5.66. The van der Waals surface area contributed by atoms with Crippen LogP contribution in [0, 0.1) is 17.8 Å². The highest BCUT2D eigenvalue weighted by Crippen LogP contribution is 2.34. The van der Waals surface area contributed by atoms with Crippen LogP contribution in [0.5, 0.6) is 0 Å². The maximum absolute atomic E-state index is 3.59. The van der Waals surface area contributed by atoms with E-state index in [2.05, 4.69) is 49.9 Å². The van der Waals surface area contributed by atoms with E-state index in [1.54, 1.807) is 0 Å². The van der Waals surface area contributed by atoms with E-state index in [9.17, 15) is 0 Å². The van der Waals surface area contributed by atoms with Crippen molar-refractivity contribution < 1.29 is 0 Å². The zero-order chi connectivity index (χ0) is 14.7. The fraction of sp³-hybridized carbons (Fsp3) is 1.00. The van der Waals surface area contributed by atoms with Crippen LogP contribution in [0.3, 0.4) is 0 Å². The predicted octanol–water partition coefficient (Wildman–Crippen LogP) is 2.28. The van der Waals surface area contributed by atoms with Crippen molar-refractivity contribution in [3.05, 3.63) is 0 Å². The molecule has 0 amide bonds. The van der Waals surface area contributed by atoms with Gasteiger partial charge in [0.1, 0.15) is 0 Å². The molecule has 4 unspecified atom stereocenters. The van der Waals surface area contributed by atoms with Gasteiger partial charge in [-0.25, -0.2) is 0 Å². The predicted molar refractivity (Wildman–Crippen MR) is 87.0 cm³/mol. The van der Waals surface area contributed by atoms with Crippen LogP contribution in [0.25, 0.3) is 0 Å². The first-order valence-corrected chi connectivity index (χ1v) is 8.65. The molecule has 118 valence electrons. The largest absolute Gasteiger partial charge is 0.317 e. The van der Waals surface area contributed by atoms with Gasteiger partial charge in [-0.05, 0) is 51.5 Å². The van der Waals surface area contributed by atoms with Gasteiger partial charge in [0.05, 0.1) is 0 Å². The molecular formula is C17H35N3. The molecule has 1 heterocycles. The van der Waals surface area contributed by atoms with Gasteiger partial charge in [-0.3, -0.25) is 4.90 Å². The van der Waals surface area contributed by atoms with Gasteiger partial charge in [-0.2, -0.15) is 0 Å². The minimum Gasteiger partial charge on any atom is -0.317 e. The van der Waals surface area contributed by atoms with Gasteiger partial charge in [-0.15, -0.1) is 0 Å².